The van der Waals surface area contributed by atoms with E-state index in [1.54, 1.807) is 6.07 Å². The van der Waals surface area contributed by atoms with Crippen molar-refractivity contribution in [3.8, 4) is 6.07 Å². The van der Waals surface area contributed by atoms with Crippen LogP contribution in [0.1, 0.15) is 15.9 Å². The van der Waals surface area contributed by atoms with Crippen LogP contribution in [0.25, 0.3) is 0 Å². The first-order valence-electron chi connectivity index (χ1n) is 5.69. The Morgan fingerprint density at radius 2 is 2.24 bits per heavy atom. The summed E-state index contributed by atoms with van der Waals surface area (Å²) in [5.74, 6) is 4.11. The van der Waals surface area contributed by atoms with Crippen LogP contribution >= 0.6 is 11.6 Å². The largest absolute Gasteiger partial charge is 0.321 e. The summed E-state index contributed by atoms with van der Waals surface area (Å²) in [6.45, 7) is 0. The van der Waals surface area contributed by atoms with Crippen LogP contribution in [0, 0.1) is 17.1 Å². The molecule has 0 unspecified atom stereocenters. The summed E-state index contributed by atoms with van der Waals surface area (Å²) in [7, 11) is 0. The third-order valence-electron chi connectivity index (χ3n) is 2.61. The molecule has 0 aliphatic rings. The van der Waals surface area contributed by atoms with E-state index in [4.69, 9.17) is 22.7 Å². The average molecular weight is 306 g/mol. The summed E-state index contributed by atoms with van der Waals surface area (Å²) in [4.78, 5) is 15.9. The number of hydrogen-bond acceptors (Lipinski definition) is 5. The molecule has 2 rings (SSSR count). The van der Waals surface area contributed by atoms with Crippen molar-refractivity contribution in [3.05, 3.63) is 52.4 Å². The number of carbonyl (C=O) groups is 1. The summed E-state index contributed by atoms with van der Waals surface area (Å²) in [5, 5.41) is 11.5. The number of nitrogens with zero attached hydrogens (tertiary/aromatic N) is 2. The summed E-state index contributed by atoms with van der Waals surface area (Å²) in [5.41, 5.74) is 2.24. The van der Waals surface area contributed by atoms with E-state index in [2.05, 4.69) is 15.7 Å². The first kappa shape index (κ1) is 14.7. The minimum atomic E-state index is -0.714. The maximum atomic E-state index is 13.4. The number of nitriles is 1. The van der Waals surface area contributed by atoms with Gasteiger partial charge in [0, 0.05) is 6.20 Å². The molecule has 4 N–H and O–H groups in total. The summed E-state index contributed by atoms with van der Waals surface area (Å²) < 4.78 is 13.4. The number of amides is 1. The zero-order valence-corrected chi connectivity index (χ0v) is 11.3. The highest BCUT2D eigenvalue weighted by Gasteiger charge is 2.13. The Bertz CT molecular complexity index is 744. The van der Waals surface area contributed by atoms with Gasteiger partial charge in [-0.25, -0.2) is 15.2 Å². The number of nitrogens with two attached hydrogens (primary N) is 1. The van der Waals surface area contributed by atoms with Crippen molar-refractivity contribution in [2.45, 2.75) is 0 Å². The maximum Gasteiger partial charge on any atom is 0.257 e. The number of hydrogen-bond donors (Lipinski definition) is 3. The van der Waals surface area contributed by atoms with Crippen molar-refractivity contribution in [2.75, 3.05) is 10.7 Å². The number of pyridine rings is 1. The third kappa shape index (κ3) is 3.08. The normalized spacial score (nSPS) is 9.81. The van der Waals surface area contributed by atoms with E-state index in [0.29, 0.717) is 0 Å². The highest BCUT2D eigenvalue weighted by molar-refractivity contribution is 6.33. The second kappa shape index (κ2) is 6.17. The van der Waals surface area contributed by atoms with Gasteiger partial charge in [-0.15, -0.1) is 0 Å². The quantitative estimate of drug-likeness (QED) is 0.596. The molecule has 0 atom stereocenters. The third-order valence-corrected chi connectivity index (χ3v) is 2.90. The van der Waals surface area contributed by atoms with Crippen LogP contribution in [-0.4, -0.2) is 10.9 Å². The number of carbonyl (C=O) groups excluding carboxylic acids is 1. The van der Waals surface area contributed by atoms with Crippen molar-refractivity contribution in [2.24, 2.45) is 5.84 Å². The standard InChI is InChI=1S/C13H9ClFN5O/c14-9-4-7(6-18-12(9)20-17)13(21)19-11-3-1-2-10(15)8(11)5-16/h1-4,6H,17H2,(H,18,20)(H,19,21). The fraction of sp³-hybridized carbons (Fsp3) is 0. The number of nitrogens with one attached hydrogen (secondary N) is 2. The first-order chi connectivity index (χ1) is 10.1. The molecule has 2 aromatic rings. The Morgan fingerprint density at radius 3 is 2.86 bits per heavy atom. The lowest BCUT2D eigenvalue weighted by Gasteiger charge is -2.08. The van der Waals surface area contributed by atoms with Gasteiger partial charge in [0.15, 0.2) is 5.82 Å². The Balaban J connectivity index is 2.29. The van der Waals surface area contributed by atoms with Gasteiger partial charge in [-0.1, -0.05) is 17.7 Å². The van der Waals surface area contributed by atoms with Crippen molar-refractivity contribution in [1.82, 2.24) is 4.98 Å². The fourth-order valence-electron chi connectivity index (χ4n) is 1.60. The monoisotopic (exact) mass is 305 g/mol. The van der Waals surface area contributed by atoms with Gasteiger partial charge in [-0.3, -0.25) is 4.79 Å². The Morgan fingerprint density at radius 1 is 1.48 bits per heavy atom. The van der Waals surface area contributed by atoms with Gasteiger partial charge in [-0.05, 0) is 18.2 Å². The molecule has 8 heteroatoms. The Labute approximate surface area is 124 Å². The van der Waals surface area contributed by atoms with Gasteiger partial charge < -0.3 is 10.7 Å². The van der Waals surface area contributed by atoms with E-state index in [9.17, 15) is 9.18 Å². The highest BCUT2D eigenvalue weighted by Crippen LogP contribution is 2.21. The molecular weight excluding hydrogens is 297 g/mol. The summed E-state index contributed by atoms with van der Waals surface area (Å²) >= 11 is 5.86. The SMILES string of the molecule is N#Cc1c(F)cccc1NC(=O)c1cnc(NN)c(Cl)c1. The van der Waals surface area contributed by atoms with Crippen LogP contribution in [-0.2, 0) is 0 Å². The second-order valence-electron chi connectivity index (χ2n) is 3.93. The van der Waals surface area contributed by atoms with Crippen LogP contribution in [0.4, 0.5) is 15.9 Å². The fourth-order valence-corrected chi connectivity index (χ4v) is 1.83. The van der Waals surface area contributed by atoms with E-state index < -0.39 is 11.7 Å². The molecule has 1 aromatic carbocycles. The first-order valence-corrected chi connectivity index (χ1v) is 6.06. The number of anilines is 2. The molecule has 6 nitrogen and oxygen atoms in total. The van der Waals surface area contributed by atoms with Crippen LogP contribution in [0.15, 0.2) is 30.5 Å². The van der Waals surface area contributed by atoms with E-state index >= 15 is 0 Å². The zero-order valence-electron chi connectivity index (χ0n) is 10.5. The number of hydrazine groups is 1. The van der Waals surface area contributed by atoms with E-state index in [1.165, 1.54) is 24.4 Å². The van der Waals surface area contributed by atoms with Crippen molar-refractivity contribution in [3.63, 3.8) is 0 Å². The summed E-state index contributed by atoms with van der Waals surface area (Å²) in [6, 6.07) is 6.99. The van der Waals surface area contributed by atoms with E-state index in [0.717, 1.165) is 6.07 Å². The van der Waals surface area contributed by atoms with Crippen LogP contribution in [0.5, 0.6) is 0 Å². The topological polar surface area (TPSA) is 104 Å². The Kier molecular flexibility index (Phi) is 4.33. The molecule has 0 spiro atoms. The molecule has 0 radical (unpaired) electrons. The van der Waals surface area contributed by atoms with Gasteiger partial charge in [0.2, 0.25) is 0 Å². The number of nitrogen functional groups attached to an aromatic ring is 1. The lowest BCUT2D eigenvalue weighted by Crippen LogP contribution is -2.15. The molecule has 1 aromatic heterocycles. The van der Waals surface area contributed by atoms with Crippen LogP contribution in [0.3, 0.4) is 0 Å². The molecule has 0 fully saturated rings. The molecular formula is C13H9ClFN5O. The van der Waals surface area contributed by atoms with Gasteiger partial charge >= 0.3 is 0 Å². The molecule has 106 valence electrons. The number of benzene rings is 1. The Hall–Kier alpha value is -2.69. The predicted molar refractivity (Wildman–Crippen MR) is 76.1 cm³/mol. The molecule has 0 bridgehead atoms. The molecule has 0 saturated heterocycles. The van der Waals surface area contributed by atoms with E-state index in [-0.39, 0.29) is 27.7 Å². The van der Waals surface area contributed by atoms with Crippen molar-refractivity contribution >= 4 is 29.0 Å². The average Bonchev–Trinajstić information content (AvgIpc) is 2.47. The van der Waals surface area contributed by atoms with Crippen molar-refractivity contribution < 1.29 is 9.18 Å². The molecule has 0 aliphatic carbocycles. The molecule has 0 aliphatic heterocycles. The number of rotatable bonds is 3. The lowest BCUT2D eigenvalue weighted by molar-refractivity contribution is 0.102. The van der Waals surface area contributed by atoms with Gasteiger partial charge in [0.25, 0.3) is 5.91 Å². The minimum absolute atomic E-state index is 0.0691. The van der Waals surface area contributed by atoms with Crippen LogP contribution in [0.2, 0.25) is 5.02 Å². The molecule has 21 heavy (non-hydrogen) atoms. The van der Waals surface area contributed by atoms with Gasteiger partial charge in [-0.2, -0.15) is 5.26 Å². The number of halogens is 2. The van der Waals surface area contributed by atoms with Gasteiger partial charge in [0.1, 0.15) is 17.4 Å². The molecule has 1 heterocycles. The van der Waals surface area contributed by atoms with Crippen LogP contribution < -0.4 is 16.6 Å². The smallest absolute Gasteiger partial charge is 0.257 e. The molecule has 0 saturated carbocycles. The maximum absolute atomic E-state index is 13.4. The second-order valence-corrected chi connectivity index (χ2v) is 4.33. The highest BCUT2D eigenvalue weighted by atomic mass is 35.5. The summed E-state index contributed by atoms with van der Waals surface area (Å²) in [6.07, 6.45) is 1.25. The number of aromatic nitrogens is 1. The van der Waals surface area contributed by atoms with Crippen molar-refractivity contribution in [1.29, 1.82) is 5.26 Å². The predicted octanol–water partition coefficient (Wildman–Crippen LogP) is 2.28. The van der Waals surface area contributed by atoms with Gasteiger partial charge in [0.05, 0.1) is 16.3 Å². The minimum Gasteiger partial charge on any atom is -0.321 e. The molecule has 1 amide bonds. The van der Waals surface area contributed by atoms with E-state index in [1.807, 2.05) is 0 Å². The lowest BCUT2D eigenvalue weighted by atomic mass is 10.1. The zero-order chi connectivity index (χ0) is 15.4.